The van der Waals surface area contributed by atoms with E-state index in [-0.39, 0.29) is 11.9 Å². The van der Waals surface area contributed by atoms with Crippen molar-refractivity contribution in [2.24, 2.45) is 12.8 Å². The lowest BCUT2D eigenvalue weighted by molar-refractivity contribution is 0.316. The summed E-state index contributed by atoms with van der Waals surface area (Å²) in [7, 11) is 1.88. The molecule has 0 aliphatic carbocycles. The van der Waals surface area contributed by atoms with Crippen molar-refractivity contribution in [3.63, 3.8) is 0 Å². The number of nitrogens with zero attached hydrogens (tertiary/aromatic N) is 2. The molecule has 0 bridgehead atoms. The third-order valence-corrected chi connectivity index (χ3v) is 3.01. The molecule has 0 radical (unpaired) electrons. The van der Waals surface area contributed by atoms with Crippen molar-refractivity contribution in [2.45, 2.75) is 19.4 Å². The minimum atomic E-state index is -0.326. The van der Waals surface area contributed by atoms with Crippen molar-refractivity contribution >= 4 is 0 Å². The molecule has 0 saturated heterocycles. The van der Waals surface area contributed by atoms with Crippen LogP contribution in [-0.4, -0.2) is 16.4 Å². The number of rotatable bonds is 5. The molecule has 5 heteroatoms. The molecule has 0 aliphatic rings. The van der Waals surface area contributed by atoms with Crippen LogP contribution in [0.25, 0.3) is 0 Å². The van der Waals surface area contributed by atoms with E-state index in [9.17, 15) is 4.39 Å². The van der Waals surface area contributed by atoms with Crippen molar-refractivity contribution in [2.75, 3.05) is 6.61 Å². The van der Waals surface area contributed by atoms with Gasteiger partial charge in [-0.25, -0.2) is 4.39 Å². The van der Waals surface area contributed by atoms with Gasteiger partial charge in [0.1, 0.15) is 11.6 Å². The molecule has 0 aliphatic heterocycles. The number of aromatic nitrogens is 2. The van der Waals surface area contributed by atoms with Gasteiger partial charge >= 0.3 is 0 Å². The van der Waals surface area contributed by atoms with Gasteiger partial charge in [0.15, 0.2) is 0 Å². The average Bonchev–Trinajstić information content (AvgIpc) is 2.75. The Kier molecular flexibility index (Phi) is 4.16. The summed E-state index contributed by atoms with van der Waals surface area (Å²) < 4.78 is 21.0. The van der Waals surface area contributed by atoms with Crippen molar-refractivity contribution in [3.8, 4) is 5.75 Å². The molecule has 1 aromatic carbocycles. The first-order valence-electron chi connectivity index (χ1n) is 6.22. The fourth-order valence-corrected chi connectivity index (χ4v) is 1.89. The molecule has 0 spiro atoms. The lowest BCUT2D eigenvalue weighted by Gasteiger charge is -2.10. The Morgan fingerprint density at radius 1 is 1.42 bits per heavy atom. The fourth-order valence-electron chi connectivity index (χ4n) is 1.89. The zero-order valence-electron chi connectivity index (χ0n) is 11.1. The number of aryl methyl sites for hydroxylation is 1. The first kappa shape index (κ1) is 13.5. The van der Waals surface area contributed by atoms with E-state index in [1.807, 2.05) is 13.1 Å². The molecular formula is C14H18FN3O. The second-order valence-electron chi connectivity index (χ2n) is 4.52. The number of nitrogens with two attached hydrogens (primary N) is 1. The van der Waals surface area contributed by atoms with Crippen molar-refractivity contribution in [1.29, 1.82) is 0 Å². The van der Waals surface area contributed by atoms with Crippen LogP contribution in [0.5, 0.6) is 5.75 Å². The Morgan fingerprint density at radius 2 is 2.21 bits per heavy atom. The Hall–Kier alpha value is -1.88. The summed E-state index contributed by atoms with van der Waals surface area (Å²) >= 11 is 0. The summed E-state index contributed by atoms with van der Waals surface area (Å²) in [6.07, 6.45) is 2.47. The standard InChI is InChI=1S/C14H18FN3O/c1-10(16)13-4-3-12(9-14(13)15)19-8-6-11-5-7-17-18(11)2/h3-5,7,9-10H,6,8,16H2,1-2H3/t10-/m1/s1. The van der Waals surface area contributed by atoms with Gasteiger partial charge in [0.25, 0.3) is 0 Å². The molecule has 0 amide bonds. The van der Waals surface area contributed by atoms with Gasteiger partial charge < -0.3 is 10.5 Å². The lowest BCUT2D eigenvalue weighted by Crippen LogP contribution is -2.09. The molecule has 0 unspecified atom stereocenters. The van der Waals surface area contributed by atoms with Gasteiger partial charge in [-0.3, -0.25) is 4.68 Å². The van der Waals surface area contributed by atoms with E-state index in [0.29, 0.717) is 17.9 Å². The molecule has 0 fully saturated rings. The predicted molar refractivity (Wildman–Crippen MR) is 71.4 cm³/mol. The molecule has 2 N–H and O–H groups in total. The minimum absolute atomic E-state index is 0.316. The van der Waals surface area contributed by atoms with E-state index >= 15 is 0 Å². The summed E-state index contributed by atoms with van der Waals surface area (Å²) in [6, 6.07) is 6.40. The van der Waals surface area contributed by atoms with Gasteiger partial charge in [-0.1, -0.05) is 6.07 Å². The minimum Gasteiger partial charge on any atom is -0.493 e. The highest BCUT2D eigenvalue weighted by molar-refractivity contribution is 5.30. The first-order chi connectivity index (χ1) is 9.08. The monoisotopic (exact) mass is 263 g/mol. The normalized spacial score (nSPS) is 12.4. The van der Waals surface area contributed by atoms with Crippen molar-refractivity contribution in [3.05, 3.63) is 47.5 Å². The van der Waals surface area contributed by atoms with Crippen molar-refractivity contribution in [1.82, 2.24) is 9.78 Å². The van der Waals surface area contributed by atoms with Gasteiger partial charge in [-0.05, 0) is 19.1 Å². The Labute approximate surface area is 112 Å². The molecule has 4 nitrogen and oxygen atoms in total. The molecule has 102 valence electrons. The number of halogens is 1. The molecular weight excluding hydrogens is 245 g/mol. The molecule has 1 heterocycles. The molecule has 2 rings (SSSR count). The summed E-state index contributed by atoms with van der Waals surface area (Å²) in [5.74, 6) is 0.192. The molecule has 19 heavy (non-hydrogen) atoms. The van der Waals surface area contributed by atoms with E-state index in [1.54, 1.807) is 29.9 Å². The second kappa shape index (κ2) is 5.84. The van der Waals surface area contributed by atoms with Crippen LogP contribution in [0.3, 0.4) is 0 Å². The Balaban J connectivity index is 1.93. The molecule has 0 saturated carbocycles. The van der Waals surface area contributed by atoms with E-state index in [2.05, 4.69) is 5.10 Å². The maximum atomic E-state index is 13.7. The molecule has 1 aromatic heterocycles. The highest BCUT2D eigenvalue weighted by atomic mass is 19.1. The number of benzene rings is 1. The van der Waals surface area contributed by atoms with Crippen LogP contribution >= 0.6 is 0 Å². The van der Waals surface area contributed by atoms with Crippen LogP contribution in [0.4, 0.5) is 4.39 Å². The first-order valence-corrected chi connectivity index (χ1v) is 6.22. The zero-order valence-corrected chi connectivity index (χ0v) is 11.1. The van der Waals surface area contributed by atoms with E-state index < -0.39 is 0 Å². The maximum absolute atomic E-state index is 13.7. The van der Waals surface area contributed by atoms with Crippen LogP contribution in [0, 0.1) is 5.82 Å². The summed E-state index contributed by atoms with van der Waals surface area (Å²) in [5, 5.41) is 4.07. The zero-order chi connectivity index (χ0) is 13.8. The molecule has 2 aromatic rings. The highest BCUT2D eigenvalue weighted by Crippen LogP contribution is 2.20. The van der Waals surface area contributed by atoms with E-state index in [0.717, 1.165) is 12.1 Å². The Bertz CT molecular complexity index is 551. The maximum Gasteiger partial charge on any atom is 0.131 e. The summed E-state index contributed by atoms with van der Waals surface area (Å²) in [5.41, 5.74) is 7.23. The highest BCUT2D eigenvalue weighted by Gasteiger charge is 2.08. The number of hydrogen-bond donors (Lipinski definition) is 1. The van der Waals surface area contributed by atoms with E-state index in [4.69, 9.17) is 10.5 Å². The van der Waals surface area contributed by atoms with Crippen LogP contribution in [-0.2, 0) is 13.5 Å². The lowest BCUT2D eigenvalue weighted by atomic mass is 10.1. The van der Waals surface area contributed by atoms with E-state index in [1.165, 1.54) is 6.07 Å². The van der Waals surface area contributed by atoms with Crippen LogP contribution in [0.2, 0.25) is 0 Å². The topological polar surface area (TPSA) is 53.1 Å². The third-order valence-electron chi connectivity index (χ3n) is 3.01. The van der Waals surface area contributed by atoms with Gasteiger partial charge in [0.05, 0.1) is 6.61 Å². The second-order valence-corrected chi connectivity index (χ2v) is 4.52. The average molecular weight is 263 g/mol. The quantitative estimate of drug-likeness (QED) is 0.899. The van der Waals surface area contributed by atoms with Crippen LogP contribution < -0.4 is 10.5 Å². The Morgan fingerprint density at radius 3 is 2.79 bits per heavy atom. The predicted octanol–water partition coefficient (Wildman–Crippen LogP) is 2.20. The van der Waals surface area contributed by atoms with Crippen molar-refractivity contribution < 1.29 is 9.13 Å². The fraction of sp³-hybridized carbons (Fsp3) is 0.357. The summed E-state index contributed by atoms with van der Waals surface area (Å²) in [4.78, 5) is 0. The number of ether oxygens (including phenoxy) is 1. The van der Waals surface area contributed by atoms with Crippen LogP contribution in [0.1, 0.15) is 24.2 Å². The SMILES string of the molecule is C[C@@H](N)c1ccc(OCCc2ccnn2C)cc1F. The van der Waals surface area contributed by atoms with Gasteiger partial charge in [-0.15, -0.1) is 0 Å². The smallest absolute Gasteiger partial charge is 0.131 e. The summed E-state index contributed by atoms with van der Waals surface area (Å²) in [6.45, 7) is 2.23. The number of hydrogen-bond acceptors (Lipinski definition) is 3. The van der Waals surface area contributed by atoms with Gasteiger partial charge in [0.2, 0.25) is 0 Å². The van der Waals surface area contributed by atoms with Gasteiger partial charge in [0, 0.05) is 43.0 Å². The van der Waals surface area contributed by atoms with Crippen LogP contribution in [0.15, 0.2) is 30.5 Å². The molecule has 1 atom stereocenters. The third kappa shape index (κ3) is 3.32. The largest absolute Gasteiger partial charge is 0.493 e. The van der Waals surface area contributed by atoms with Gasteiger partial charge in [-0.2, -0.15) is 5.10 Å².